The van der Waals surface area contributed by atoms with E-state index in [9.17, 15) is 4.79 Å². The smallest absolute Gasteiger partial charge is 0.151 e. The van der Waals surface area contributed by atoms with Crippen LogP contribution in [0.3, 0.4) is 0 Å². The van der Waals surface area contributed by atoms with Gasteiger partial charge in [0.1, 0.15) is 0 Å². The van der Waals surface area contributed by atoms with E-state index < -0.39 is 0 Å². The maximum absolute atomic E-state index is 10.6. The Bertz CT molecular complexity index is 507. The monoisotopic (exact) mass is 300 g/mol. The van der Waals surface area contributed by atoms with Crippen LogP contribution in [-0.2, 0) is 0 Å². The lowest BCUT2D eigenvalue weighted by Crippen LogP contribution is -1.82. The molecule has 0 radical (unpaired) electrons. The van der Waals surface area contributed by atoms with Crippen molar-refractivity contribution in [1.29, 1.82) is 0 Å². The van der Waals surface area contributed by atoms with Crippen molar-refractivity contribution in [2.24, 2.45) is 0 Å². The molecule has 1 heterocycles. The Labute approximate surface area is 105 Å². The lowest BCUT2D eigenvalue weighted by atomic mass is 10.1. The molecule has 0 aliphatic carbocycles. The van der Waals surface area contributed by atoms with Crippen molar-refractivity contribution in [3.05, 3.63) is 44.7 Å². The van der Waals surface area contributed by atoms with Crippen LogP contribution in [0.4, 0.5) is 0 Å². The molecule has 0 saturated carbocycles. The van der Waals surface area contributed by atoms with Gasteiger partial charge in [0.15, 0.2) is 6.29 Å². The standard InChI is InChI=1S/C11H6BrClOS/c12-9-3-4-15-11(9)7-1-2-8(6-14)10(13)5-7/h1-6H. The summed E-state index contributed by atoms with van der Waals surface area (Å²) >= 11 is 11.0. The SMILES string of the molecule is O=Cc1ccc(-c2sccc2Br)cc1Cl. The third-order valence-corrected chi connectivity index (χ3v) is 4.22. The zero-order valence-corrected chi connectivity index (χ0v) is 10.7. The van der Waals surface area contributed by atoms with Gasteiger partial charge in [-0.2, -0.15) is 0 Å². The van der Waals surface area contributed by atoms with Gasteiger partial charge in [-0.15, -0.1) is 11.3 Å². The summed E-state index contributed by atoms with van der Waals surface area (Å²) in [6, 6.07) is 7.42. The van der Waals surface area contributed by atoms with Gasteiger partial charge in [-0.1, -0.05) is 17.7 Å². The maximum Gasteiger partial charge on any atom is 0.151 e. The first-order valence-electron chi connectivity index (χ1n) is 4.20. The minimum Gasteiger partial charge on any atom is -0.298 e. The summed E-state index contributed by atoms with van der Waals surface area (Å²) in [7, 11) is 0. The molecule has 1 aromatic carbocycles. The Morgan fingerprint density at radius 1 is 1.33 bits per heavy atom. The number of hydrogen-bond acceptors (Lipinski definition) is 2. The number of aldehydes is 1. The normalized spacial score (nSPS) is 10.3. The molecular weight excluding hydrogens is 296 g/mol. The predicted molar refractivity (Wildman–Crippen MR) is 67.9 cm³/mol. The van der Waals surface area contributed by atoms with Crippen molar-refractivity contribution in [3.63, 3.8) is 0 Å². The Hall–Kier alpha value is -0.640. The molecule has 15 heavy (non-hydrogen) atoms. The van der Waals surface area contributed by atoms with E-state index in [0.717, 1.165) is 21.2 Å². The molecule has 0 aliphatic heterocycles. The minimum atomic E-state index is 0.489. The van der Waals surface area contributed by atoms with Crippen LogP contribution in [0, 0.1) is 0 Å². The molecule has 2 rings (SSSR count). The fraction of sp³-hybridized carbons (Fsp3) is 0. The first kappa shape index (κ1) is 10.9. The molecule has 1 nitrogen and oxygen atoms in total. The predicted octanol–water partition coefficient (Wildman–Crippen LogP) is 4.64. The van der Waals surface area contributed by atoms with Crippen molar-refractivity contribution in [2.75, 3.05) is 0 Å². The average Bonchev–Trinajstić information content (AvgIpc) is 2.64. The molecule has 0 spiro atoms. The van der Waals surface area contributed by atoms with Crippen LogP contribution < -0.4 is 0 Å². The molecule has 1 aromatic heterocycles. The van der Waals surface area contributed by atoms with E-state index in [2.05, 4.69) is 15.9 Å². The number of hydrogen-bond donors (Lipinski definition) is 0. The Morgan fingerprint density at radius 2 is 2.13 bits per heavy atom. The topological polar surface area (TPSA) is 17.1 Å². The zero-order chi connectivity index (χ0) is 10.8. The summed E-state index contributed by atoms with van der Waals surface area (Å²) in [6.45, 7) is 0. The highest BCUT2D eigenvalue weighted by atomic mass is 79.9. The van der Waals surface area contributed by atoms with E-state index in [-0.39, 0.29) is 0 Å². The Morgan fingerprint density at radius 3 is 2.67 bits per heavy atom. The van der Waals surface area contributed by atoms with E-state index in [1.54, 1.807) is 17.4 Å². The van der Waals surface area contributed by atoms with Crippen molar-refractivity contribution < 1.29 is 4.79 Å². The molecular formula is C11H6BrClOS. The first-order valence-corrected chi connectivity index (χ1v) is 6.25. The summed E-state index contributed by atoms with van der Waals surface area (Å²) in [6.07, 6.45) is 0.760. The van der Waals surface area contributed by atoms with Crippen LogP contribution in [0.25, 0.3) is 10.4 Å². The van der Waals surface area contributed by atoms with E-state index >= 15 is 0 Å². The minimum absolute atomic E-state index is 0.489. The molecule has 0 N–H and O–H groups in total. The zero-order valence-electron chi connectivity index (χ0n) is 7.54. The third-order valence-electron chi connectivity index (χ3n) is 2.01. The summed E-state index contributed by atoms with van der Waals surface area (Å²) < 4.78 is 1.04. The quantitative estimate of drug-likeness (QED) is 0.738. The maximum atomic E-state index is 10.6. The highest BCUT2D eigenvalue weighted by molar-refractivity contribution is 9.10. The molecule has 0 fully saturated rings. The highest BCUT2D eigenvalue weighted by Gasteiger charge is 2.07. The molecule has 0 amide bonds. The largest absolute Gasteiger partial charge is 0.298 e. The number of rotatable bonds is 2. The van der Waals surface area contributed by atoms with Gasteiger partial charge in [0.25, 0.3) is 0 Å². The van der Waals surface area contributed by atoms with Gasteiger partial charge in [0, 0.05) is 14.9 Å². The van der Waals surface area contributed by atoms with E-state index in [1.165, 1.54) is 0 Å². The van der Waals surface area contributed by atoms with Crippen molar-refractivity contribution in [2.45, 2.75) is 0 Å². The summed E-state index contributed by atoms with van der Waals surface area (Å²) in [4.78, 5) is 11.7. The van der Waals surface area contributed by atoms with Crippen molar-refractivity contribution >= 4 is 45.2 Å². The van der Waals surface area contributed by atoms with Gasteiger partial charge < -0.3 is 0 Å². The van der Waals surface area contributed by atoms with Crippen molar-refractivity contribution in [3.8, 4) is 10.4 Å². The lowest BCUT2D eigenvalue weighted by Gasteiger charge is -2.01. The molecule has 2 aromatic rings. The second kappa shape index (κ2) is 4.47. The molecule has 0 aliphatic rings. The fourth-order valence-electron chi connectivity index (χ4n) is 1.26. The summed E-state index contributed by atoms with van der Waals surface area (Å²) in [5.74, 6) is 0. The van der Waals surface area contributed by atoms with Gasteiger partial charge in [-0.05, 0) is 45.1 Å². The van der Waals surface area contributed by atoms with Gasteiger partial charge in [-0.25, -0.2) is 0 Å². The molecule has 0 atom stereocenters. The molecule has 76 valence electrons. The number of halogens is 2. The highest BCUT2D eigenvalue weighted by Crippen LogP contribution is 2.35. The summed E-state index contributed by atoms with van der Waals surface area (Å²) in [5.41, 5.74) is 1.54. The lowest BCUT2D eigenvalue weighted by molar-refractivity contribution is 0.112. The van der Waals surface area contributed by atoms with E-state index in [4.69, 9.17) is 11.6 Å². The Kier molecular flexibility index (Phi) is 3.24. The van der Waals surface area contributed by atoms with E-state index in [1.807, 2.05) is 23.6 Å². The number of carbonyl (C=O) groups excluding carboxylic acids is 1. The van der Waals surface area contributed by atoms with Gasteiger partial charge in [-0.3, -0.25) is 4.79 Å². The van der Waals surface area contributed by atoms with Crippen LogP contribution in [0.1, 0.15) is 10.4 Å². The van der Waals surface area contributed by atoms with Crippen LogP contribution >= 0.6 is 38.9 Å². The molecule has 4 heteroatoms. The van der Waals surface area contributed by atoms with Crippen LogP contribution in [0.15, 0.2) is 34.1 Å². The average molecular weight is 302 g/mol. The fourth-order valence-corrected chi connectivity index (χ4v) is 3.09. The van der Waals surface area contributed by atoms with Crippen LogP contribution in [0.5, 0.6) is 0 Å². The second-order valence-corrected chi connectivity index (χ2v) is 5.13. The van der Waals surface area contributed by atoms with E-state index in [0.29, 0.717) is 10.6 Å². The van der Waals surface area contributed by atoms with Gasteiger partial charge in [0.05, 0.1) is 5.02 Å². The molecule has 0 saturated heterocycles. The second-order valence-electron chi connectivity index (χ2n) is 2.95. The first-order chi connectivity index (χ1) is 7.22. The summed E-state index contributed by atoms with van der Waals surface area (Å²) in [5, 5.41) is 2.49. The number of benzene rings is 1. The van der Waals surface area contributed by atoms with Crippen LogP contribution in [0.2, 0.25) is 5.02 Å². The van der Waals surface area contributed by atoms with Gasteiger partial charge in [0.2, 0.25) is 0 Å². The number of carbonyl (C=O) groups is 1. The number of thiophene rings is 1. The van der Waals surface area contributed by atoms with Crippen LogP contribution in [-0.4, -0.2) is 6.29 Å². The van der Waals surface area contributed by atoms with Crippen molar-refractivity contribution in [1.82, 2.24) is 0 Å². The molecule has 0 bridgehead atoms. The molecule has 0 unspecified atom stereocenters. The Balaban J connectivity index is 2.52. The van der Waals surface area contributed by atoms with Gasteiger partial charge >= 0.3 is 0 Å². The third kappa shape index (κ3) is 2.14.